The highest BCUT2D eigenvalue weighted by Gasteiger charge is 2.42. The second kappa shape index (κ2) is 8.42. The number of aliphatic hydroxyl groups is 2. The van der Waals surface area contributed by atoms with E-state index in [-0.39, 0.29) is 29.9 Å². The number of hydrogen-bond acceptors (Lipinski definition) is 6. The van der Waals surface area contributed by atoms with Gasteiger partial charge in [-0.15, -0.1) is 0 Å². The Morgan fingerprint density at radius 2 is 1.89 bits per heavy atom. The molecule has 2 aromatic heterocycles. The third-order valence-corrected chi connectivity index (χ3v) is 5.37. The Hall–Kier alpha value is -1.89. The van der Waals surface area contributed by atoms with E-state index in [9.17, 15) is 10.2 Å². The van der Waals surface area contributed by atoms with Crippen molar-refractivity contribution in [1.29, 1.82) is 0 Å². The average Bonchev–Trinajstić information content (AvgIpc) is 2.95. The molecule has 1 saturated carbocycles. The first-order valence-electron chi connectivity index (χ1n) is 9.63. The van der Waals surface area contributed by atoms with E-state index >= 15 is 0 Å². The van der Waals surface area contributed by atoms with Gasteiger partial charge in [-0.25, -0.2) is 9.97 Å². The lowest BCUT2D eigenvalue weighted by molar-refractivity contribution is 0.0715. The number of aromatic nitrogens is 3. The van der Waals surface area contributed by atoms with Gasteiger partial charge < -0.3 is 15.5 Å². The summed E-state index contributed by atoms with van der Waals surface area (Å²) in [5.41, 5.74) is 1.81. The van der Waals surface area contributed by atoms with E-state index in [1.165, 1.54) is 0 Å². The molecule has 0 aliphatic heterocycles. The molecule has 6 nitrogen and oxygen atoms in total. The van der Waals surface area contributed by atoms with Crippen molar-refractivity contribution in [3.05, 3.63) is 53.9 Å². The molecule has 146 valence electrons. The van der Waals surface area contributed by atoms with Crippen LogP contribution in [-0.2, 0) is 18.4 Å². The molecule has 1 aliphatic rings. The minimum Gasteiger partial charge on any atom is -0.396 e. The van der Waals surface area contributed by atoms with Crippen molar-refractivity contribution >= 4 is 0 Å². The van der Waals surface area contributed by atoms with Gasteiger partial charge in [0, 0.05) is 48.6 Å². The normalized spacial score (nSPS) is 25.7. The molecule has 2 heterocycles. The summed E-state index contributed by atoms with van der Waals surface area (Å²) in [6.07, 6.45) is 4.40. The summed E-state index contributed by atoms with van der Waals surface area (Å²) >= 11 is 0. The standard InChI is InChI=1S/C21H30N4O2/c1-21(2,3)20-23-9-7-14(25-20)10-16-17(13-26)19(27)11-18(16)24-12-15-6-4-5-8-22-15/h4-9,16-19,24,26-27H,10-13H2,1-3H3/t16-,17-,18-,19-/m1/s1. The SMILES string of the molecule is CC(C)(C)c1nccc(C[C@@H]2[C@@H](CO)[C@H](O)C[C@H]2NCc2ccccn2)n1. The molecule has 4 atom stereocenters. The lowest BCUT2D eigenvalue weighted by Gasteiger charge is -2.25. The molecule has 1 aliphatic carbocycles. The Kier molecular flexibility index (Phi) is 6.19. The molecule has 0 spiro atoms. The first-order chi connectivity index (χ1) is 12.9. The van der Waals surface area contributed by atoms with Crippen molar-refractivity contribution in [2.24, 2.45) is 11.8 Å². The van der Waals surface area contributed by atoms with Crippen LogP contribution in [0.25, 0.3) is 0 Å². The average molecular weight is 370 g/mol. The Labute approximate surface area is 161 Å². The maximum absolute atomic E-state index is 10.4. The molecular formula is C21H30N4O2. The smallest absolute Gasteiger partial charge is 0.133 e. The molecule has 3 rings (SSSR count). The van der Waals surface area contributed by atoms with Gasteiger partial charge in [-0.05, 0) is 37.0 Å². The molecule has 0 bridgehead atoms. The van der Waals surface area contributed by atoms with Gasteiger partial charge in [-0.3, -0.25) is 4.98 Å². The monoisotopic (exact) mass is 370 g/mol. The summed E-state index contributed by atoms with van der Waals surface area (Å²) < 4.78 is 0. The lowest BCUT2D eigenvalue weighted by atomic mass is 9.88. The van der Waals surface area contributed by atoms with Crippen LogP contribution in [0.4, 0.5) is 0 Å². The van der Waals surface area contributed by atoms with Gasteiger partial charge in [-0.2, -0.15) is 0 Å². The second-order valence-corrected chi connectivity index (χ2v) is 8.45. The van der Waals surface area contributed by atoms with Crippen LogP contribution in [0.1, 0.15) is 44.4 Å². The van der Waals surface area contributed by atoms with E-state index < -0.39 is 6.10 Å². The van der Waals surface area contributed by atoms with Crippen molar-refractivity contribution in [3.63, 3.8) is 0 Å². The molecule has 0 unspecified atom stereocenters. The van der Waals surface area contributed by atoms with Crippen molar-refractivity contribution in [2.45, 2.75) is 57.7 Å². The van der Waals surface area contributed by atoms with Crippen LogP contribution in [0.2, 0.25) is 0 Å². The predicted octanol–water partition coefficient (Wildman–Crippen LogP) is 1.86. The molecule has 1 fully saturated rings. The van der Waals surface area contributed by atoms with Gasteiger partial charge in [0.25, 0.3) is 0 Å². The van der Waals surface area contributed by atoms with Crippen molar-refractivity contribution in [1.82, 2.24) is 20.3 Å². The van der Waals surface area contributed by atoms with Gasteiger partial charge in [0.2, 0.25) is 0 Å². The number of pyridine rings is 1. The van der Waals surface area contributed by atoms with Crippen LogP contribution in [0, 0.1) is 11.8 Å². The van der Waals surface area contributed by atoms with Crippen molar-refractivity contribution in [2.75, 3.05) is 6.61 Å². The molecule has 0 radical (unpaired) electrons. The highest BCUT2D eigenvalue weighted by Crippen LogP contribution is 2.35. The summed E-state index contributed by atoms with van der Waals surface area (Å²) in [4.78, 5) is 13.5. The quantitative estimate of drug-likeness (QED) is 0.719. The Morgan fingerprint density at radius 1 is 1.07 bits per heavy atom. The molecule has 3 N–H and O–H groups in total. The van der Waals surface area contributed by atoms with E-state index in [0.717, 1.165) is 17.2 Å². The molecule has 0 aromatic carbocycles. The lowest BCUT2D eigenvalue weighted by Crippen LogP contribution is -2.36. The minimum absolute atomic E-state index is 0.0230. The zero-order chi connectivity index (χ0) is 19.4. The minimum atomic E-state index is -0.509. The number of nitrogens with zero attached hydrogens (tertiary/aromatic N) is 3. The zero-order valence-electron chi connectivity index (χ0n) is 16.3. The van der Waals surface area contributed by atoms with Gasteiger partial charge in [0.15, 0.2) is 0 Å². The van der Waals surface area contributed by atoms with E-state index in [1.807, 2.05) is 24.3 Å². The number of aliphatic hydroxyl groups excluding tert-OH is 2. The van der Waals surface area contributed by atoms with Gasteiger partial charge in [0.05, 0.1) is 11.8 Å². The molecule has 0 amide bonds. The molecule has 2 aromatic rings. The van der Waals surface area contributed by atoms with Crippen molar-refractivity contribution in [3.8, 4) is 0 Å². The fourth-order valence-corrected chi connectivity index (χ4v) is 3.83. The van der Waals surface area contributed by atoms with Crippen LogP contribution in [0.5, 0.6) is 0 Å². The van der Waals surface area contributed by atoms with E-state index in [4.69, 9.17) is 4.98 Å². The third kappa shape index (κ3) is 4.89. The fourth-order valence-electron chi connectivity index (χ4n) is 3.83. The predicted molar refractivity (Wildman–Crippen MR) is 104 cm³/mol. The number of nitrogens with one attached hydrogen (secondary N) is 1. The van der Waals surface area contributed by atoms with Gasteiger partial charge in [-0.1, -0.05) is 26.8 Å². The third-order valence-electron chi connectivity index (χ3n) is 5.37. The number of hydrogen-bond donors (Lipinski definition) is 3. The Morgan fingerprint density at radius 3 is 2.56 bits per heavy atom. The Balaban J connectivity index is 1.75. The topological polar surface area (TPSA) is 91.2 Å². The van der Waals surface area contributed by atoms with Crippen LogP contribution in [0.3, 0.4) is 0 Å². The first kappa shape index (κ1) is 19.9. The maximum Gasteiger partial charge on any atom is 0.133 e. The Bertz CT molecular complexity index is 732. The van der Waals surface area contributed by atoms with Gasteiger partial charge >= 0.3 is 0 Å². The highest BCUT2D eigenvalue weighted by molar-refractivity contribution is 5.11. The number of rotatable bonds is 6. The second-order valence-electron chi connectivity index (χ2n) is 8.45. The fraction of sp³-hybridized carbons (Fsp3) is 0.571. The van der Waals surface area contributed by atoms with E-state index in [1.54, 1.807) is 12.4 Å². The molecule has 0 saturated heterocycles. The summed E-state index contributed by atoms with van der Waals surface area (Å²) in [5, 5.41) is 23.8. The molecule has 27 heavy (non-hydrogen) atoms. The largest absolute Gasteiger partial charge is 0.396 e. The summed E-state index contributed by atoms with van der Waals surface area (Å²) in [7, 11) is 0. The summed E-state index contributed by atoms with van der Waals surface area (Å²) in [5.74, 6) is 0.771. The van der Waals surface area contributed by atoms with Crippen LogP contribution in [-0.4, -0.2) is 43.9 Å². The maximum atomic E-state index is 10.4. The van der Waals surface area contributed by atoms with Crippen molar-refractivity contribution < 1.29 is 10.2 Å². The summed E-state index contributed by atoms with van der Waals surface area (Å²) in [6.45, 7) is 6.91. The van der Waals surface area contributed by atoms with Crippen LogP contribution >= 0.6 is 0 Å². The first-order valence-corrected chi connectivity index (χ1v) is 9.63. The van der Waals surface area contributed by atoms with Gasteiger partial charge in [0.1, 0.15) is 5.82 Å². The van der Waals surface area contributed by atoms with E-state index in [2.05, 4.69) is 36.1 Å². The van der Waals surface area contributed by atoms with Crippen LogP contribution < -0.4 is 5.32 Å². The highest BCUT2D eigenvalue weighted by atomic mass is 16.3. The van der Waals surface area contributed by atoms with Crippen LogP contribution in [0.15, 0.2) is 36.7 Å². The summed E-state index contributed by atoms with van der Waals surface area (Å²) in [6, 6.07) is 7.89. The van der Waals surface area contributed by atoms with E-state index in [0.29, 0.717) is 19.4 Å². The molecular weight excluding hydrogens is 340 g/mol. The zero-order valence-corrected chi connectivity index (χ0v) is 16.3. The molecule has 6 heteroatoms.